The van der Waals surface area contributed by atoms with Gasteiger partial charge in [-0.05, 0) is 48.4 Å². The minimum Gasteiger partial charge on any atom is -0.507 e. The van der Waals surface area contributed by atoms with Crippen LogP contribution in [0.1, 0.15) is 11.1 Å². The van der Waals surface area contributed by atoms with E-state index in [0.717, 1.165) is 17.7 Å². The van der Waals surface area contributed by atoms with Crippen LogP contribution in [0.5, 0.6) is 5.75 Å². The second kappa shape index (κ2) is 5.54. The number of aromatic hydroxyl groups is 1. The number of hydrogen-bond acceptors (Lipinski definition) is 2. The van der Waals surface area contributed by atoms with Gasteiger partial charge >= 0.3 is 6.18 Å². The van der Waals surface area contributed by atoms with Gasteiger partial charge < -0.3 is 10.8 Å². The molecule has 106 valence electrons. The summed E-state index contributed by atoms with van der Waals surface area (Å²) in [5.41, 5.74) is 6.30. The maximum absolute atomic E-state index is 12.7. The normalized spacial score (nSPS) is 11.6. The molecule has 0 heterocycles. The van der Waals surface area contributed by atoms with E-state index in [4.69, 9.17) is 5.73 Å². The van der Waals surface area contributed by atoms with Crippen molar-refractivity contribution in [2.75, 3.05) is 6.54 Å². The van der Waals surface area contributed by atoms with E-state index in [-0.39, 0.29) is 5.75 Å². The molecule has 0 aliphatic carbocycles. The van der Waals surface area contributed by atoms with E-state index in [2.05, 4.69) is 0 Å². The lowest BCUT2D eigenvalue weighted by molar-refractivity contribution is -0.137. The van der Waals surface area contributed by atoms with E-state index >= 15 is 0 Å². The summed E-state index contributed by atoms with van der Waals surface area (Å²) in [6.45, 7) is 0.437. The number of phenols is 1. The van der Waals surface area contributed by atoms with Crippen LogP contribution >= 0.6 is 0 Å². The zero-order chi connectivity index (χ0) is 14.8. The van der Waals surface area contributed by atoms with Gasteiger partial charge in [-0.25, -0.2) is 0 Å². The molecule has 0 aliphatic heterocycles. The van der Waals surface area contributed by atoms with E-state index in [9.17, 15) is 18.3 Å². The quantitative estimate of drug-likeness (QED) is 0.903. The smallest absolute Gasteiger partial charge is 0.416 e. The third kappa shape index (κ3) is 3.11. The van der Waals surface area contributed by atoms with Crippen molar-refractivity contribution in [1.29, 1.82) is 0 Å². The molecule has 2 aromatic carbocycles. The van der Waals surface area contributed by atoms with E-state index < -0.39 is 11.7 Å². The second-order valence-corrected chi connectivity index (χ2v) is 4.47. The highest BCUT2D eigenvalue weighted by atomic mass is 19.4. The number of nitrogens with two attached hydrogens (primary N) is 1. The topological polar surface area (TPSA) is 46.2 Å². The van der Waals surface area contributed by atoms with Gasteiger partial charge in [0.15, 0.2) is 0 Å². The highest BCUT2D eigenvalue weighted by Crippen LogP contribution is 2.35. The van der Waals surface area contributed by atoms with Crippen LogP contribution in [0.3, 0.4) is 0 Å². The predicted octanol–water partition coefficient (Wildman–Crippen LogP) is 3.58. The molecule has 0 saturated carbocycles. The van der Waals surface area contributed by atoms with Gasteiger partial charge in [-0.2, -0.15) is 13.2 Å². The van der Waals surface area contributed by atoms with Crippen LogP contribution < -0.4 is 5.73 Å². The standard InChI is InChI=1S/C15H14F3NO/c16-15(17,18)12-3-1-2-11(9-12)13-8-10(6-7-19)4-5-14(13)20/h1-5,8-9,20H,6-7,19H2. The summed E-state index contributed by atoms with van der Waals surface area (Å²) < 4.78 is 38.1. The van der Waals surface area contributed by atoms with Crippen LogP contribution in [0.15, 0.2) is 42.5 Å². The zero-order valence-electron chi connectivity index (χ0n) is 10.6. The van der Waals surface area contributed by atoms with E-state index in [0.29, 0.717) is 24.1 Å². The highest BCUT2D eigenvalue weighted by molar-refractivity contribution is 5.71. The number of alkyl halides is 3. The molecule has 0 aromatic heterocycles. The molecule has 0 saturated heterocycles. The fourth-order valence-electron chi connectivity index (χ4n) is 2.00. The second-order valence-electron chi connectivity index (χ2n) is 4.47. The molecule has 2 aromatic rings. The summed E-state index contributed by atoms with van der Waals surface area (Å²) in [6.07, 6.45) is -3.80. The average molecular weight is 281 g/mol. The van der Waals surface area contributed by atoms with Crippen LogP contribution in [0.2, 0.25) is 0 Å². The highest BCUT2D eigenvalue weighted by Gasteiger charge is 2.30. The molecular formula is C15H14F3NO. The zero-order valence-corrected chi connectivity index (χ0v) is 10.6. The summed E-state index contributed by atoms with van der Waals surface area (Å²) in [7, 11) is 0. The van der Waals surface area contributed by atoms with Crippen molar-refractivity contribution in [3.05, 3.63) is 53.6 Å². The Morgan fingerprint density at radius 1 is 1.05 bits per heavy atom. The fourth-order valence-corrected chi connectivity index (χ4v) is 2.00. The summed E-state index contributed by atoms with van der Waals surface area (Å²) in [5.74, 6) is -0.0508. The summed E-state index contributed by atoms with van der Waals surface area (Å²) in [4.78, 5) is 0. The SMILES string of the molecule is NCCc1ccc(O)c(-c2cccc(C(F)(F)F)c2)c1. The number of benzene rings is 2. The molecule has 0 aliphatic rings. The largest absolute Gasteiger partial charge is 0.507 e. The lowest BCUT2D eigenvalue weighted by Gasteiger charge is -2.11. The molecule has 0 fully saturated rings. The molecule has 20 heavy (non-hydrogen) atoms. The Bertz CT molecular complexity index is 608. The Morgan fingerprint density at radius 2 is 1.80 bits per heavy atom. The lowest BCUT2D eigenvalue weighted by atomic mass is 9.99. The Hall–Kier alpha value is -2.01. The average Bonchev–Trinajstić information content (AvgIpc) is 2.40. The Balaban J connectivity index is 2.48. The molecule has 0 unspecified atom stereocenters. The van der Waals surface area contributed by atoms with Crippen molar-refractivity contribution in [3.63, 3.8) is 0 Å². The Kier molecular flexibility index (Phi) is 3.99. The van der Waals surface area contributed by atoms with Crippen molar-refractivity contribution in [2.24, 2.45) is 5.73 Å². The summed E-state index contributed by atoms with van der Waals surface area (Å²) in [5, 5.41) is 9.84. The molecule has 0 bridgehead atoms. The third-order valence-electron chi connectivity index (χ3n) is 2.99. The van der Waals surface area contributed by atoms with Crippen molar-refractivity contribution in [2.45, 2.75) is 12.6 Å². The van der Waals surface area contributed by atoms with Crippen LogP contribution in [0.25, 0.3) is 11.1 Å². The summed E-state index contributed by atoms with van der Waals surface area (Å²) in [6, 6.07) is 9.74. The van der Waals surface area contributed by atoms with Crippen molar-refractivity contribution in [3.8, 4) is 16.9 Å². The van der Waals surface area contributed by atoms with Crippen molar-refractivity contribution < 1.29 is 18.3 Å². The predicted molar refractivity (Wildman–Crippen MR) is 71.3 cm³/mol. The van der Waals surface area contributed by atoms with Crippen LogP contribution in [-0.4, -0.2) is 11.7 Å². The number of phenolic OH excluding ortho intramolecular Hbond substituents is 1. The molecule has 0 radical (unpaired) electrons. The van der Waals surface area contributed by atoms with Crippen LogP contribution in [-0.2, 0) is 12.6 Å². The van der Waals surface area contributed by atoms with Crippen LogP contribution in [0, 0.1) is 0 Å². The van der Waals surface area contributed by atoms with Gasteiger partial charge in [-0.3, -0.25) is 0 Å². The van der Waals surface area contributed by atoms with Crippen molar-refractivity contribution in [1.82, 2.24) is 0 Å². The van der Waals surface area contributed by atoms with Crippen LogP contribution in [0.4, 0.5) is 13.2 Å². The van der Waals surface area contributed by atoms with E-state index in [1.54, 1.807) is 12.1 Å². The number of rotatable bonds is 3. The summed E-state index contributed by atoms with van der Waals surface area (Å²) >= 11 is 0. The Labute approximate surface area is 114 Å². The molecule has 2 nitrogen and oxygen atoms in total. The molecule has 0 amide bonds. The third-order valence-corrected chi connectivity index (χ3v) is 2.99. The number of hydrogen-bond donors (Lipinski definition) is 2. The van der Waals surface area contributed by atoms with Gasteiger partial charge in [0.2, 0.25) is 0 Å². The molecular weight excluding hydrogens is 267 g/mol. The van der Waals surface area contributed by atoms with E-state index in [1.807, 2.05) is 0 Å². The maximum Gasteiger partial charge on any atom is 0.416 e. The molecule has 5 heteroatoms. The number of halogens is 3. The fraction of sp³-hybridized carbons (Fsp3) is 0.200. The minimum absolute atomic E-state index is 0.0508. The van der Waals surface area contributed by atoms with Gasteiger partial charge in [0.25, 0.3) is 0 Å². The molecule has 2 rings (SSSR count). The van der Waals surface area contributed by atoms with E-state index in [1.165, 1.54) is 18.2 Å². The van der Waals surface area contributed by atoms with Crippen molar-refractivity contribution >= 4 is 0 Å². The molecule has 0 spiro atoms. The lowest BCUT2D eigenvalue weighted by Crippen LogP contribution is -2.04. The first kappa shape index (κ1) is 14.4. The molecule has 3 N–H and O–H groups in total. The van der Waals surface area contributed by atoms with Gasteiger partial charge in [0.05, 0.1) is 5.56 Å². The van der Waals surface area contributed by atoms with Gasteiger partial charge in [0.1, 0.15) is 5.75 Å². The minimum atomic E-state index is -4.40. The first-order valence-corrected chi connectivity index (χ1v) is 6.11. The van der Waals surface area contributed by atoms with Gasteiger partial charge in [-0.15, -0.1) is 0 Å². The molecule has 0 atom stereocenters. The Morgan fingerprint density at radius 3 is 2.45 bits per heavy atom. The first-order valence-electron chi connectivity index (χ1n) is 6.11. The van der Waals surface area contributed by atoms with Gasteiger partial charge in [-0.1, -0.05) is 18.2 Å². The maximum atomic E-state index is 12.7. The monoisotopic (exact) mass is 281 g/mol. The first-order chi connectivity index (χ1) is 9.41. The van der Waals surface area contributed by atoms with Gasteiger partial charge in [0, 0.05) is 5.56 Å².